The number of amides is 1. The molecule has 1 heterocycles. The monoisotopic (exact) mass is 344 g/mol. The normalized spacial score (nSPS) is 12.1. The van der Waals surface area contributed by atoms with Crippen LogP contribution in [0.5, 0.6) is 0 Å². The summed E-state index contributed by atoms with van der Waals surface area (Å²) in [5, 5.41) is 0.671. The molecular weight excluding hydrogens is 328 g/mol. The van der Waals surface area contributed by atoms with E-state index in [1.54, 1.807) is 0 Å². The first kappa shape index (κ1) is 16.0. The standard InChI is InChI=1S/C18H17ClN2OS/c1-11-7-8-12(2)13(9-11)10-16(22)20-18-21(3)17-14(19)5-4-6-15(17)23-18/h4-9H,10H2,1-3H3. The summed E-state index contributed by atoms with van der Waals surface area (Å²) in [6, 6.07) is 11.9. The summed E-state index contributed by atoms with van der Waals surface area (Å²) in [6.45, 7) is 4.04. The largest absolute Gasteiger partial charge is 0.318 e. The fourth-order valence-electron chi connectivity index (χ4n) is 2.56. The van der Waals surface area contributed by atoms with Gasteiger partial charge < -0.3 is 4.57 Å². The molecule has 3 aromatic rings. The molecule has 0 bridgehead atoms. The van der Waals surface area contributed by atoms with Gasteiger partial charge in [0.25, 0.3) is 5.91 Å². The van der Waals surface area contributed by atoms with Crippen LogP contribution in [0.3, 0.4) is 0 Å². The summed E-state index contributed by atoms with van der Waals surface area (Å²) in [7, 11) is 1.88. The van der Waals surface area contributed by atoms with Gasteiger partial charge in [0.15, 0.2) is 4.80 Å². The van der Waals surface area contributed by atoms with Crippen LogP contribution in [0, 0.1) is 13.8 Å². The van der Waals surface area contributed by atoms with Crippen LogP contribution in [0.25, 0.3) is 10.2 Å². The van der Waals surface area contributed by atoms with Gasteiger partial charge in [-0.3, -0.25) is 4.79 Å². The summed E-state index contributed by atoms with van der Waals surface area (Å²) >= 11 is 7.71. The lowest BCUT2D eigenvalue weighted by Crippen LogP contribution is -2.14. The van der Waals surface area contributed by atoms with E-state index >= 15 is 0 Å². The number of carbonyl (C=O) groups excluding carboxylic acids is 1. The molecule has 0 aliphatic carbocycles. The number of hydrogen-bond acceptors (Lipinski definition) is 2. The molecule has 23 heavy (non-hydrogen) atoms. The van der Waals surface area contributed by atoms with Crippen LogP contribution >= 0.6 is 22.9 Å². The highest BCUT2D eigenvalue weighted by Gasteiger charge is 2.09. The number of benzene rings is 2. The minimum absolute atomic E-state index is 0.142. The molecule has 0 saturated carbocycles. The Kier molecular flexibility index (Phi) is 4.37. The summed E-state index contributed by atoms with van der Waals surface area (Å²) in [5.41, 5.74) is 4.21. The Morgan fingerprint density at radius 1 is 1.26 bits per heavy atom. The van der Waals surface area contributed by atoms with E-state index in [1.807, 2.05) is 55.8 Å². The molecule has 2 aromatic carbocycles. The number of fused-ring (bicyclic) bond motifs is 1. The molecule has 3 nitrogen and oxygen atoms in total. The maximum atomic E-state index is 12.4. The van der Waals surface area contributed by atoms with E-state index < -0.39 is 0 Å². The van der Waals surface area contributed by atoms with E-state index in [-0.39, 0.29) is 5.91 Å². The van der Waals surface area contributed by atoms with Crippen LogP contribution in [-0.2, 0) is 18.3 Å². The maximum Gasteiger partial charge on any atom is 0.252 e. The van der Waals surface area contributed by atoms with Gasteiger partial charge in [0, 0.05) is 7.05 Å². The molecule has 0 aliphatic rings. The highest BCUT2D eigenvalue weighted by molar-refractivity contribution is 7.16. The molecule has 0 unspecified atom stereocenters. The summed E-state index contributed by atoms with van der Waals surface area (Å²) in [4.78, 5) is 17.3. The zero-order valence-corrected chi connectivity index (χ0v) is 14.8. The molecule has 0 saturated heterocycles. The van der Waals surface area contributed by atoms with E-state index in [0.29, 0.717) is 16.2 Å². The van der Waals surface area contributed by atoms with Crippen molar-refractivity contribution in [2.24, 2.45) is 12.0 Å². The lowest BCUT2D eigenvalue weighted by atomic mass is 10.0. The van der Waals surface area contributed by atoms with Crippen molar-refractivity contribution >= 4 is 39.1 Å². The number of aryl methyl sites for hydroxylation is 3. The first-order chi connectivity index (χ1) is 11.0. The number of rotatable bonds is 2. The highest BCUT2D eigenvalue weighted by atomic mass is 35.5. The van der Waals surface area contributed by atoms with Gasteiger partial charge in [-0.05, 0) is 37.1 Å². The van der Waals surface area contributed by atoms with Crippen molar-refractivity contribution < 1.29 is 4.79 Å². The fraction of sp³-hybridized carbons (Fsp3) is 0.222. The quantitative estimate of drug-likeness (QED) is 0.686. The SMILES string of the molecule is Cc1ccc(C)c(CC(=O)N=c2sc3cccc(Cl)c3n2C)c1. The van der Waals surface area contributed by atoms with Crippen LogP contribution in [0.4, 0.5) is 0 Å². The van der Waals surface area contributed by atoms with Gasteiger partial charge in [0.05, 0.1) is 21.7 Å². The Morgan fingerprint density at radius 2 is 2.04 bits per heavy atom. The Labute approximate surface area is 143 Å². The molecule has 0 atom stereocenters. The molecule has 1 aromatic heterocycles. The average molecular weight is 345 g/mol. The smallest absolute Gasteiger partial charge is 0.252 e. The van der Waals surface area contributed by atoms with Crippen molar-refractivity contribution in [1.82, 2.24) is 4.57 Å². The number of nitrogens with zero attached hydrogens (tertiary/aromatic N) is 2. The van der Waals surface area contributed by atoms with Crippen molar-refractivity contribution in [1.29, 1.82) is 0 Å². The molecule has 118 valence electrons. The molecule has 0 spiro atoms. The van der Waals surface area contributed by atoms with E-state index in [4.69, 9.17) is 11.6 Å². The number of thiazole rings is 1. The van der Waals surface area contributed by atoms with Gasteiger partial charge in [0.1, 0.15) is 0 Å². The first-order valence-electron chi connectivity index (χ1n) is 7.33. The predicted molar refractivity (Wildman–Crippen MR) is 96.0 cm³/mol. The van der Waals surface area contributed by atoms with Crippen molar-refractivity contribution in [3.63, 3.8) is 0 Å². The van der Waals surface area contributed by atoms with E-state index in [9.17, 15) is 4.79 Å². The van der Waals surface area contributed by atoms with Crippen LogP contribution in [-0.4, -0.2) is 10.5 Å². The van der Waals surface area contributed by atoms with Gasteiger partial charge in [-0.1, -0.05) is 52.8 Å². The average Bonchev–Trinajstić information content (AvgIpc) is 2.80. The number of carbonyl (C=O) groups is 1. The second-order valence-electron chi connectivity index (χ2n) is 5.64. The van der Waals surface area contributed by atoms with Crippen molar-refractivity contribution in [2.75, 3.05) is 0 Å². The second kappa shape index (κ2) is 6.30. The van der Waals surface area contributed by atoms with E-state index in [1.165, 1.54) is 11.3 Å². The van der Waals surface area contributed by atoms with E-state index in [0.717, 1.165) is 26.9 Å². The first-order valence-corrected chi connectivity index (χ1v) is 8.53. The molecule has 5 heteroatoms. The second-order valence-corrected chi connectivity index (χ2v) is 7.06. The summed E-state index contributed by atoms with van der Waals surface area (Å²) < 4.78 is 2.90. The lowest BCUT2D eigenvalue weighted by Gasteiger charge is -2.04. The number of hydrogen-bond donors (Lipinski definition) is 0. The zero-order chi connectivity index (χ0) is 16.6. The van der Waals surface area contributed by atoms with Gasteiger partial charge in [-0.25, -0.2) is 0 Å². The van der Waals surface area contributed by atoms with Crippen molar-refractivity contribution in [3.8, 4) is 0 Å². The third-order valence-electron chi connectivity index (χ3n) is 3.84. The molecule has 0 aliphatic heterocycles. The summed E-state index contributed by atoms with van der Waals surface area (Å²) in [5.74, 6) is -0.142. The van der Waals surface area contributed by atoms with Gasteiger partial charge in [0.2, 0.25) is 0 Å². The van der Waals surface area contributed by atoms with Gasteiger partial charge >= 0.3 is 0 Å². The molecule has 0 radical (unpaired) electrons. The molecule has 3 rings (SSSR count). The number of para-hydroxylation sites is 1. The number of halogens is 1. The maximum absolute atomic E-state index is 12.4. The molecule has 0 N–H and O–H groups in total. The van der Waals surface area contributed by atoms with Crippen LogP contribution in [0.15, 0.2) is 41.4 Å². The highest BCUT2D eigenvalue weighted by Crippen LogP contribution is 2.24. The molecular formula is C18H17ClN2OS. The third-order valence-corrected chi connectivity index (χ3v) is 5.24. The topological polar surface area (TPSA) is 34.4 Å². The van der Waals surface area contributed by atoms with E-state index in [2.05, 4.69) is 11.1 Å². The third kappa shape index (κ3) is 3.23. The Bertz CT molecular complexity index is 969. The number of aromatic nitrogens is 1. The van der Waals surface area contributed by atoms with Crippen LogP contribution < -0.4 is 4.80 Å². The van der Waals surface area contributed by atoms with Crippen molar-refractivity contribution in [3.05, 3.63) is 62.9 Å². The summed E-state index contributed by atoms with van der Waals surface area (Å²) in [6.07, 6.45) is 0.315. The van der Waals surface area contributed by atoms with Gasteiger partial charge in [-0.15, -0.1) is 0 Å². The Balaban J connectivity index is 1.98. The lowest BCUT2D eigenvalue weighted by molar-refractivity contribution is -0.117. The zero-order valence-electron chi connectivity index (χ0n) is 13.3. The minimum Gasteiger partial charge on any atom is -0.318 e. The van der Waals surface area contributed by atoms with Crippen LogP contribution in [0.1, 0.15) is 16.7 Å². The Morgan fingerprint density at radius 3 is 2.78 bits per heavy atom. The fourth-order valence-corrected chi connectivity index (χ4v) is 3.98. The Hall–Kier alpha value is -1.91. The van der Waals surface area contributed by atoms with Gasteiger partial charge in [-0.2, -0.15) is 4.99 Å². The van der Waals surface area contributed by atoms with Crippen molar-refractivity contribution in [2.45, 2.75) is 20.3 Å². The predicted octanol–water partition coefficient (Wildman–Crippen LogP) is 4.18. The minimum atomic E-state index is -0.142. The molecule has 1 amide bonds. The van der Waals surface area contributed by atoms with Crippen LogP contribution in [0.2, 0.25) is 5.02 Å². The molecule has 0 fully saturated rings.